The van der Waals surface area contributed by atoms with Crippen molar-refractivity contribution in [1.82, 2.24) is 10.2 Å². The number of ether oxygens (including phenoxy) is 2. The standard InChI is InChI=1S/C26H32N2O4/c1-17(2)27-25(29)16-32-23-14-11-19(15-24(23)31-3)26(30)28(20-12-13-20)22-10-6-8-18-7-4-5-9-21(18)22/h4-5,7,9,11,14-15,17,20,22H,6,8,10,12-13,16H2,1-3H3,(H,27,29). The molecule has 0 saturated heterocycles. The van der Waals surface area contributed by atoms with Gasteiger partial charge in [-0.15, -0.1) is 0 Å². The number of hydrogen-bond acceptors (Lipinski definition) is 4. The zero-order chi connectivity index (χ0) is 22.7. The summed E-state index contributed by atoms with van der Waals surface area (Å²) >= 11 is 0. The molecule has 1 unspecified atom stereocenters. The molecule has 2 aromatic rings. The van der Waals surface area contributed by atoms with E-state index in [2.05, 4.69) is 34.5 Å². The molecule has 2 amide bonds. The molecule has 4 rings (SSSR count). The average Bonchev–Trinajstić information content (AvgIpc) is 3.62. The summed E-state index contributed by atoms with van der Waals surface area (Å²) in [5.41, 5.74) is 3.21. The van der Waals surface area contributed by atoms with E-state index >= 15 is 0 Å². The van der Waals surface area contributed by atoms with Crippen LogP contribution in [0.3, 0.4) is 0 Å². The number of methoxy groups -OCH3 is 1. The number of hydrogen-bond donors (Lipinski definition) is 1. The van der Waals surface area contributed by atoms with Gasteiger partial charge in [0.05, 0.1) is 13.2 Å². The molecule has 6 heteroatoms. The second kappa shape index (κ2) is 9.63. The third kappa shape index (κ3) is 4.90. The van der Waals surface area contributed by atoms with Crippen molar-refractivity contribution >= 4 is 11.8 Å². The Balaban J connectivity index is 1.55. The van der Waals surface area contributed by atoms with Gasteiger partial charge in [-0.2, -0.15) is 0 Å². The topological polar surface area (TPSA) is 67.9 Å². The Labute approximate surface area is 189 Å². The average molecular weight is 437 g/mol. The van der Waals surface area contributed by atoms with Crippen LogP contribution in [-0.4, -0.2) is 42.5 Å². The summed E-state index contributed by atoms with van der Waals surface area (Å²) < 4.78 is 11.1. The quantitative estimate of drug-likeness (QED) is 0.671. The summed E-state index contributed by atoms with van der Waals surface area (Å²) in [6.07, 6.45) is 5.25. The third-order valence-electron chi connectivity index (χ3n) is 6.07. The first-order valence-electron chi connectivity index (χ1n) is 11.5. The van der Waals surface area contributed by atoms with Crippen molar-refractivity contribution in [3.8, 4) is 11.5 Å². The highest BCUT2D eigenvalue weighted by Gasteiger charge is 2.40. The number of nitrogens with one attached hydrogen (secondary N) is 1. The molecule has 32 heavy (non-hydrogen) atoms. The van der Waals surface area contributed by atoms with Crippen molar-refractivity contribution in [3.63, 3.8) is 0 Å². The maximum atomic E-state index is 13.7. The largest absolute Gasteiger partial charge is 0.493 e. The van der Waals surface area contributed by atoms with Gasteiger partial charge in [-0.1, -0.05) is 24.3 Å². The maximum absolute atomic E-state index is 13.7. The van der Waals surface area contributed by atoms with E-state index in [1.807, 2.05) is 13.8 Å². The summed E-state index contributed by atoms with van der Waals surface area (Å²) in [5.74, 6) is 0.728. The van der Waals surface area contributed by atoms with Crippen LogP contribution < -0.4 is 14.8 Å². The number of benzene rings is 2. The Kier molecular flexibility index (Phi) is 6.68. The van der Waals surface area contributed by atoms with Gasteiger partial charge in [0.25, 0.3) is 11.8 Å². The highest BCUT2D eigenvalue weighted by atomic mass is 16.5. The molecule has 1 saturated carbocycles. The van der Waals surface area contributed by atoms with Crippen LogP contribution >= 0.6 is 0 Å². The SMILES string of the molecule is COc1cc(C(=O)N(C2CC2)C2CCCc3ccccc32)ccc1OCC(=O)NC(C)C. The third-order valence-corrected chi connectivity index (χ3v) is 6.07. The van der Waals surface area contributed by atoms with Crippen LogP contribution in [0.1, 0.15) is 67.1 Å². The van der Waals surface area contributed by atoms with Gasteiger partial charge in [0.15, 0.2) is 18.1 Å². The number of aryl methyl sites for hydroxylation is 1. The van der Waals surface area contributed by atoms with E-state index in [0.29, 0.717) is 23.1 Å². The minimum absolute atomic E-state index is 0.0246. The first kappa shape index (κ1) is 22.2. The van der Waals surface area contributed by atoms with Crippen LogP contribution in [-0.2, 0) is 11.2 Å². The Hall–Kier alpha value is -3.02. The Bertz CT molecular complexity index is 984. The Morgan fingerprint density at radius 3 is 2.59 bits per heavy atom. The van der Waals surface area contributed by atoms with Crippen molar-refractivity contribution in [1.29, 1.82) is 0 Å². The van der Waals surface area contributed by atoms with E-state index in [9.17, 15) is 9.59 Å². The molecule has 0 spiro atoms. The van der Waals surface area contributed by atoms with E-state index in [1.165, 1.54) is 11.1 Å². The smallest absolute Gasteiger partial charge is 0.258 e. The van der Waals surface area contributed by atoms with Gasteiger partial charge in [-0.05, 0) is 75.3 Å². The lowest BCUT2D eigenvalue weighted by atomic mass is 9.86. The Morgan fingerprint density at radius 1 is 1.09 bits per heavy atom. The molecule has 2 aliphatic rings. The first-order chi connectivity index (χ1) is 15.5. The molecule has 1 fully saturated rings. The zero-order valence-electron chi connectivity index (χ0n) is 19.1. The van der Waals surface area contributed by atoms with Gasteiger partial charge in [-0.25, -0.2) is 0 Å². The van der Waals surface area contributed by atoms with Crippen LogP contribution in [0, 0.1) is 0 Å². The monoisotopic (exact) mass is 436 g/mol. The highest BCUT2D eigenvalue weighted by molar-refractivity contribution is 5.95. The molecule has 170 valence electrons. The summed E-state index contributed by atoms with van der Waals surface area (Å²) in [5, 5.41) is 2.79. The van der Waals surface area contributed by atoms with Crippen LogP contribution in [0.2, 0.25) is 0 Å². The van der Waals surface area contributed by atoms with Gasteiger partial charge in [0.2, 0.25) is 0 Å². The lowest BCUT2D eigenvalue weighted by molar-refractivity contribution is -0.123. The van der Waals surface area contributed by atoms with Gasteiger partial charge in [0.1, 0.15) is 0 Å². The normalized spacial score (nSPS) is 17.4. The van der Waals surface area contributed by atoms with Crippen LogP contribution in [0.4, 0.5) is 0 Å². The van der Waals surface area contributed by atoms with Crippen LogP contribution in [0.5, 0.6) is 11.5 Å². The van der Waals surface area contributed by atoms with Crippen LogP contribution in [0.25, 0.3) is 0 Å². The molecule has 0 bridgehead atoms. The van der Waals surface area contributed by atoms with E-state index in [1.54, 1.807) is 25.3 Å². The molecular weight excluding hydrogens is 404 g/mol. The van der Waals surface area contributed by atoms with Crippen molar-refractivity contribution in [2.24, 2.45) is 0 Å². The minimum atomic E-state index is -0.196. The van der Waals surface area contributed by atoms with Crippen molar-refractivity contribution < 1.29 is 19.1 Å². The number of rotatable bonds is 8. The number of fused-ring (bicyclic) bond motifs is 1. The van der Waals surface area contributed by atoms with Crippen molar-refractivity contribution in [2.45, 2.75) is 64.1 Å². The van der Waals surface area contributed by atoms with Crippen LogP contribution in [0.15, 0.2) is 42.5 Å². The molecular formula is C26H32N2O4. The number of amides is 2. The van der Waals surface area contributed by atoms with E-state index in [0.717, 1.165) is 32.1 Å². The summed E-state index contributed by atoms with van der Waals surface area (Å²) in [6.45, 7) is 3.69. The zero-order valence-corrected chi connectivity index (χ0v) is 19.1. The lowest BCUT2D eigenvalue weighted by Crippen LogP contribution is -2.38. The predicted octanol–water partition coefficient (Wildman–Crippen LogP) is 4.28. The number of carbonyl (C=O) groups excluding carboxylic acids is 2. The molecule has 2 aliphatic carbocycles. The fourth-order valence-corrected chi connectivity index (χ4v) is 4.51. The van der Waals surface area contributed by atoms with E-state index < -0.39 is 0 Å². The Morgan fingerprint density at radius 2 is 1.88 bits per heavy atom. The molecule has 0 radical (unpaired) electrons. The van der Waals surface area contributed by atoms with Gasteiger partial charge < -0.3 is 19.7 Å². The summed E-state index contributed by atoms with van der Waals surface area (Å²) in [4.78, 5) is 27.7. The lowest BCUT2D eigenvalue weighted by Gasteiger charge is -2.36. The maximum Gasteiger partial charge on any atom is 0.258 e. The van der Waals surface area contributed by atoms with Gasteiger partial charge >= 0.3 is 0 Å². The second-order valence-corrected chi connectivity index (χ2v) is 8.93. The molecule has 0 aliphatic heterocycles. The van der Waals surface area contributed by atoms with Crippen molar-refractivity contribution in [2.75, 3.05) is 13.7 Å². The molecule has 0 aromatic heterocycles. The first-order valence-corrected chi connectivity index (χ1v) is 11.5. The van der Waals surface area contributed by atoms with Gasteiger partial charge in [0, 0.05) is 17.6 Å². The van der Waals surface area contributed by atoms with E-state index in [-0.39, 0.29) is 30.5 Å². The molecule has 0 heterocycles. The predicted molar refractivity (Wildman–Crippen MR) is 123 cm³/mol. The summed E-state index contributed by atoms with van der Waals surface area (Å²) in [7, 11) is 1.54. The molecule has 2 aromatic carbocycles. The fourth-order valence-electron chi connectivity index (χ4n) is 4.51. The molecule has 1 atom stereocenters. The fraction of sp³-hybridized carbons (Fsp3) is 0.462. The number of carbonyl (C=O) groups is 2. The molecule has 6 nitrogen and oxygen atoms in total. The summed E-state index contributed by atoms with van der Waals surface area (Å²) in [6, 6.07) is 14.2. The highest BCUT2D eigenvalue weighted by Crippen LogP contribution is 2.42. The van der Waals surface area contributed by atoms with E-state index in [4.69, 9.17) is 9.47 Å². The second-order valence-electron chi connectivity index (χ2n) is 8.93. The number of nitrogens with zero attached hydrogens (tertiary/aromatic N) is 1. The minimum Gasteiger partial charge on any atom is -0.493 e. The van der Waals surface area contributed by atoms with Gasteiger partial charge in [-0.3, -0.25) is 9.59 Å². The molecule has 1 N–H and O–H groups in total. The van der Waals surface area contributed by atoms with Crippen molar-refractivity contribution in [3.05, 3.63) is 59.2 Å².